The summed E-state index contributed by atoms with van der Waals surface area (Å²) in [5, 5.41) is 10.3. The predicted octanol–water partition coefficient (Wildman–Crippen LogP) is 2.73. The third-order valence-electron chi connectivity index (χ3n) is 3.15. The zero-order chi connectivity index (χ0) is 9.73. The second kappa shape index (κ2) is 4.67. The van der Waals surface area contributed by atoms with Crippen LogP contribution in [-0.2, 0) is 0 Å². The lowest BCUT2D eigenvalue weighted by Gasteiger charge is -2.36. The van der Waals surface area contributed by atoms with E-state index in [-0.39, 0.29) is 5.92 Å². The lowest BCUT2D eigenvalue weighted by atomic mass is 9.74. The summed E-state index contributed by atoms with van der Waals surface area (Å²) in [4.78, 5) is 0. The van der Waals surface area contributed by atoms with E-state index >= 15 is 0 Å². The molecule has 13 heavy (non-hydrogen) atoms. The van der Waals surface area contributed by atoms with Gasteiger partial charge < -0.3 is 5.11 Å². The van der Waals surface area contributed by atoms with Gasteiger partial charge in [0.15, 0.2) is 0 Å². The molecule has 0 spiro atoms. The minimum atomic E-state index is -0.539. The molecule has 1 aliphatic carbocycles. The van der Waals surface area contributed by atoms with Crippen LogP contribution in [0, 0.1) is 18.3 Å². The fraction of sp³-hybridized carbons (Fsp3) is 0.833. The van der Waals surface area contributed by atoms with Crippen LogP contribution in [-0.4, -0.2) is 10.7 Å². The Morgan fingerprint density at radius 1 is 1.38 bits per heavy atom. The molecule has 0 radical (unpaired) electrons. The van der Waals surface area contributed by atoms with Gasteiger partial charge >= 0.3 is 0 Å². The first-order chi connectivity index (χ1) is 6.23. The van der Waals surface area contributed by atoms with Gasteiger partial charge in [0.1, 0.15) is 0 Å². The minimum absolute atomic E-state index is 0.0813. The van der Waals surface area contributed by atoms with Crippen LogP contribution in [0.4, 0.5) is 0 Å². The molecule has 0 aromatic heterocycles. The van der Waals surface area contributed by atoms with Gasteiger partial charge in [-0.05, 0) is 19.3 Å². The molecule has 1 heteroatoms. The van der Waals surface area contributed by atoms with Crippen LogP contribution in [0.25, 0.3) is 0 Å². The molecule has 0 aromatic rings. The third-order valence-corrected chi connectivity index (χ3v) is 3.15. The summed E-state index contributed by atoms with van der Waals surface area (Å²) in [7, 11) is 0. The molecule has 1 rings (SSSR count). The maximum absolute atomic E-state index is 10.3. The van der Waals surface area contributed by atoms with E-state index in [0.29, 0.717) is 0 Å². The van der Waals surface area contributed by atoms with E-state index < -0.39 is 5.60 Å². The highest BCUT2D eigenvalue weighted by atomic mass is 16.3. The number of hydrogen-bond acceptors (Lipinski definition) is 1. The van der Waals surface area contributed by atoms with E-state index in [2.05, 4.69) is 12.8 Å². The molecule has 74 valence electrons. The van der Waals surface area contributed by atoms with Crippen LogP contribution < -0.4 is 0 Å². The molecule has 0 heterocycles. The maximum atomic E-state index is 10.3. The van der Waals surface area contributed by atoms with Gasteiger partial charge in [0.25, 0.3) is 0 Å². The van der Waals surface area contributed by atoms with Crippen LogP contribution in [0.5, 0.6) is 0 Å². The molecule has 0 saturated heterocycles. The summed E-state index contributed by atoms with van der Waals surface area (Å²) in [5.74, 6) is 2.84. The van der Waals surface area contributed by atoms with Gasteiger partial charge in [-0.1, -0.05) is 32.6 Å². The average Bonchev–Trinajstić information content (AvgIpc) is 2.15. The molecule has 1 N–H and O–H groups in total. The zero-order valence-corrected chi connectivity index (χ0v) is 8.55. The van der Waals surface area contributed by atoms with Gasteiger partial charge in [-0.15, -0.1) is 12.3 Å². The van der Waals surface area contributed by atoms with Crippen molar-refractivity contribution in [2.24, 2.45) is 5.92 Å². The van der Waals surface area contributed by atoms with Gasteiger partial charge in [-0.3, -0.25) is 0 Å². The lowest BCUT2D eigenvalue weighted by Crippen LogP contribution is -2.39. The summed E-state index contributed by atoms with van der Waals surface area (Å²) >= 11 is 0. The Morgan fingerprint density at radius 3 is 2.46 bits per heavy atom. The SMILES string of the molecule is C#CC(CCC)C1(O)CCCCC1. The molecule has 1 fully saturated rings. The van der Waals surface area contributed by atoms with Crippen molar-refractivity contribution in [1.29, 1.82) is 0 Å². The molecule has 0 bridgehead atoms. The molecule has 1 atom stereocenters. The van der Waals surface area contributed by atoms with E-state index in [1.54, 1.807) is 0 Å². The smallest absolute Gasteiger partial charge is 0.0784 e. The number of terminal acetylenes is 1. The van der Waals surface area contributed by atoms with Crippen molar-refractivity contribution in [3.05, 3.63) is 0 Å². The Labute approximate surface area is 81.5 Å². The average molecular weight is 180 g/mol. The summed E-state index contributed by atoms with van der Waals surface area (Å²) in [6.07, 6.45) is 12.8. The van der Waals surface area contributed by atoms with E-state index in [1.807, 2.05) is 0 Å². The first kappa shape index (κ1) is 10.6. The molecule has 1 unspecified atom stereocenters. The van der Waals surface area contributed by atoms with Crippen LogP contribution in [0.1, 0.15) is 51.9 Å². The summed E-state index contributed by atoms with van der Waals surface area (Å²) < 4.78 is 0. The van der Waals surface area contributed by atoms with Crippen LogP contribution in [0.2, 0.25) is 0 Å². The Balaban J connectivity index is 2.59. The molecule has 0 amide bonds. The number of aliphatic hydroxyl groups is 1. The third kappa shape index (κ3) is 2.48. The first-order valence-electron chi connectivity index (χ1n) is 5.41. The molecule has 1 nitrogen and oxygen atoms in total. The molecular weight excluding hydrogens is 160 g/mol. The summed E-state index contributed by atoms with van der Waals surface area (Å²) in [6.45, 7) is 2.12. The van der Waals surface area contributed by atoms with Crippen LogP contribution in [0.3, 0.4) is 0 Å². The number of rotatable bonds is 3. The maximum Gasteiger partial charge on any atom is 0.0784 e. The Morgan fingerprint density at radius 2 is 2.00 bits per heavy atom. The van der Waals surface area contributed by atoms with Crippen molar-refractivity contribution in [3.8, 4) is 12.3 Å². The van der Waals surface area contributed by atoms with Crippen LogP contribution in [0.15, 0.2) is 0 Å². The Hall–Kier alpha value is -0.480. The van der Waals surface area contributed by atoms with Crippen LogP contribution >= 0.6 is 0 Å². The van der Waals surface area contributed by atoms with Crippen molar-refractivity contribution >= 4 is 0 Å². The zero-order valence-electron chi connectivity index (χ0n) is 8.55. The Kier molecular flexibility index (Phi) is 3.81. The second-order valence-electron chi connectivity index (χ2n) is 4.17. The fourth-order valence-corrected chi connectivity index (χ4v) is 2.31. The van der Waals surface area contributed by atoms with Crippen molar-refractivity contribution in [3.63, 3.8) is 0 Å². The van der Waals surface area contributed by atoms with Crippen molar-refractivity contribution in [1.82, 2.24) is 0 Å². The van der Waals surface area contributed by atoms with E-state index in [0.717, 1.165) is 38.5 Å². The highest BCUT2D eigenvalue weighted by Crippen LogP contribution is 2.36. The lowest BCUT2D eigenvalue weighted by molar-refractivity contribution is -0.0324. The standard InChI is InChI=1S/C12H20O/c1-3-8-11(4-2)12(13)9-6-5-7-10-12/h2,11,13H,3,5-10H2,1H3. The van der Waals surface area contributed by atoms with Gasteiger partial charge in [0.2, 0.25) is 0 Å². The van der Waals surface area contributed by atoms with Gasteiger partial charge in [0, 0.05) is 5.92 Å². The fourth-order valence-electron chi connectivity index (χ4n) is 2.31. The van der Waals surface area contributed by atoms with Crippen molar-refractivity contribution in [2.45, 2.75) is 57.5 Å². The quantitative estimate of drug-likeness (QED) is 0.662. The normalized spacial score (nSPS) is 23.5. The van der Waals surface area contributed by atoms with E-state index in [4.69, 9.17) is 6.42 Å². The first-order valence-corrected chi connectivity index (χ1v) is 5.41. The molecule has 0 aromatic carbocycles. The van der Waals surface area contributed by atoms with Gasteiger partial charge in [-0.25, -0.2) is 0 Å². The largest absolute Gasteiger partial charge is 0.389 e. The molecule has 1 aliphatic rings. The highest BCUT2D eigenvalue weighted by molar-refractivity contribution is 5.04. The van der Waals surface area contributed by atoms with Gasteiger partial charge in [0.05, 0.1) is 5.60 Å². The predicted molar refractivity (Wildman–Crippen MR) is 55.3 cm³/mol. The Bertz CT molecular complexity index is 184. The monoisotopic (exact) mass is 180 g/mol. The number of hydrogen-bond donors (Lipinski definition) is 1. The van der Waals surface area contributed by atoms with Gasteiger partial charge in [-0.2, -0.15) is 0 Å². The van der Waals surface area contributed by atoms with Crippen molar-refractivity contribution < 1.29 is 5.11 Å². The highest BCUT2D eigenvalue weighted by Gasteiger charge is 2.35. The summed E-state index contributed by atoms with van der Waals surface area (Å²) in [5.41, 5.74) is -0.539. The minimum Gasteiger partial charge on any atom is -0.389 e. The topological polar surface area (TPSA) is 20.2 Å². The summed E-state index contributed by atoms with van der Waals surface area (Å²) in [6, 6.07) is 0. The molecular formula is C12H20O. The van der Waals surface area contributed by atoms with E-state index in [1.165, 1.54) is 6.42 Å². The van der Waals surface area contributed by atoms with Crippen molar-refractivity contribution in [2.75, 3.05) is 0 Å². The van der Waals surface area contributed by atoms with E-state index in [9.17, 15) is 5.11 Å². The molecule has 0 aliphatic heterocycles. The second-order valence-corrected chi connectivity index (χ2v) is 4.17. The molecule has 1 saturated carbocycles.